The van der Waals surface area contributed by atoms with Gasteiger partial charge in [0.25, 0.3) is 5.91 Å². The summed E-state index contributed by atoms with van der Waals surface area (Å²) < 4.78 is 1.85. The van der Waals surface area contributed by atoms with E-state index in [9.17, 15) is 4.79 Å². The molecule has 1 saturated heterocycles. The number of carbonyl (C=O) groups excluding carboxylic acids is 1. The molecule has 2 aromatic rings. The van der Waals surface area contributed by atoms with Crippen LogP contribution >= 0.6 is 0 Å². The smallest absolute Gasteiger partial charge is 0.272 e. The second-order valence-electron chi connectivity index (χ2n) is 6.00. The standard InChI is InChI=1S/C17H22N4O/c1-13(18)14-6-5-9-20(11-14)17(22)16-10-19-12-21(16)15-7-3-2-4-8-15/h2-4,7-8,10,12-14H,5-6,9,11,18H2,1H3/t13-,14-/m0/s1. The number of likely N-dealkylation sites (tertiary alicyclic amines) is 1. The molecule has 1 aromatic heterocycles. The van der Waals surface area contributed by atoms with Gasteiger partial charge in [-0.25, -0.2) is 4.98 Å². The van der Waals surface area contributed by atoms with E-state index in [2.05, 4.69) is 4.98 Å². The summed E-state index contributed by atoms with van der Waals surface area (Å²) in [7, 11) is 0. The molecular weight excluding hydrogens is 276 g/mol. The van der Waals surface area contributed by atoms with Crippen molar-refractivity contribution in [2.45, 2.75) is 25.8 Å². The number of aromatic nitrogens is 2. The first-order chi connectivity index (χ1) is 10.7. The minimum atomic E-state index is 0.0340. The molecule has 1 amide bonds. The number of nitrogens with two attached hydrogens (primary N) is 1. The van der Waals surface area contributed by atoms with Gasteiger partial charge in [-0.15, -0.1) is 0 Å². The lowest BCUT2D eigenvalue weighted by Crippen LogP contribution is -2.45. The molecule has 0 saturated carbocycles. The Labute approximate surface area is 130 Å². The van der Waals surface area contributed by atoms with Crippen molar-refractivity contribution in [3.63, 3.8) is 0 Å². The third-order valence-corrected chi connectivity index (χ3v) is 4.38. The maximum atomic E-state index is 12.8. The van der Waals surface area contributed by atoms with Crippen LogP contribution < -0.4 is 5.73 Å². The van der Waals surface area contributed by atoms with Crippen molar-refractivity contribution < 1.29 is 4.79 Å². The van der Waals surface area contributed by atoms with Crippen LogP contribution in [-0.4, -0.2) is 39.5 Å². The van der Waals surface area contributed by atoms with Gasteiger partial charge in [0.05, 0.1) is 12.5 Å². The number of amides is 1. The number of piperidine rings is 1. The topological polar surface area (TPSA) is 64.2 Å². The summed E-state index contributed by atoms with van der Waals surface area (Å²) in [6.07, 6.45) is 5.44. The van der Waals surface area contributed by atoms with Crippen LogP contribution in [0.2, 0.25) is 0 Å². The van der Waals surface area contributed by atoms with E-state index in [0.29, 0.717) is 11.6 Å². The molecule has 116 valence electrons. The van der Waals surface area contributed by atoms with Crippen molar-refractivity contribution in [2.75, 3.05) is 13.1 Å². The first-order valence-corrected chi connectivity index (χ1v) is 7.79. The number of benzene rings is 1. The van der Waals surface area contributed by atoms with Crippen molar-refractivity contribution in [1.82, 2.24) is 14.5 Å². The maximum absolute atomic E-state index is 12.8. The summed E-state index contributed by atoms with van der Waals surface area (Å²) in [5.41, 5.74) is 7.57. The van der Waals surface area contributed by atoms with Crippen LogP contribution in [0.15, 0.2) is 42.9 Å². The Kier molecular flexibility index (Phi) is 4.24. The number of rotatable bonds is 3. The molecule has 5 heteroatoms. The van der Waals surface area contributed by atoms with Gasteiger partial charge in [-0.3, -0.25) is 9.36 Å². The highest BCUT2D eigenvalue weighted by Crippen LogP contribution is 2.21. The second-order valence-corrected chi connectivity index (χ2v) is 6.00. The lowest BCUT2D eigenvalue weighted by atomic mass is 9.92. The van der Waals surface area contributed by atoms with Crippen molar-refractivity contribution in [1.29, 1.82) is 0 Å². The fourth-order valence-corrected chi connectivity index (χ4v) is 3.03. The summed E-state index contributed by atoms with van der Waals surface area (Å²) in [5.74, 6) is 0.414. The molecule has 22 heavy (non-hydrogen) atoms. The molecule has 1 aromatic carbocycles. The third-order valence-electron chi connectivity index (χ3n) is 4.38. The summed E-state index contributed by atoms with van der Waals surface area (Å²) in [6.45, 7) is 3.55. The number of hydrogen-bond acceptors (Lipinski definition) is 3. The van der Waals surface area contributed by atoms with E-state index >= 15 is 0 Å². The van der Waals surface area contributed by atoms with Gasteiger partial charge in [0.15, 0.2) is 0 Å². The molecule has 0 unspecified atom stereocenters. The molecule has 5 nitrogen and oxygen atoms in total. The summed E-state index contributed by atoms with van der Waals surface area (Å²) in [6, 6.07) is 9.93. The van der Waals surface area contributed by atoms with Crippen molar-refractivity contribution >= 4 is 5.91 Å². The average Bonchev–Trinajstić information content (AvgIpc) is 3.04. The molecule has 0 radical (unpaired) electrons. The van der Waals surface area contributed by atoms with E-state index < -0.39 is 0 Å². The van der Waals surface area contributed by atoms with E-state index in [1.54, 1.807) is 12.5 Å². The van der Waals surface area contributed by atoms with E-state index in [4.69, 9.17) is 5.73 Å². The third kappa shape index (κ3) is 2.90. The van der Waals surface area contributed by atoms with E-state index in [1.165, 1.54) is 0 Å². The normalized spacial score (nSPS) is 19.9. The van der Waals surface area contributed by atoms with Crippen LogP contribution in [0.25, 0.3) is 5.69 Å². The number of para-hydroxylation sites is 1. The van der Waals surface area contributed by atoms with Crippen LogP contribution in [0.5, 0.6) is 0 Å². The van der Waals surface area contributed by atoms with Crippen LogP contribution in [-0.2, 0) is 0 Å². The SMILES string of the molecule is C[C@H](N)[C@H]1CCCN(C(=O)c2cncn2-c2ccccc2)C1. The molecule has 2 atom stereocenters. The molecule has 3 rings (SSSR count). The lowest BCUT2D eigenvalue weighted by Gasteiger charge is -2.34. The summed E-state index contributed by atoms with van der Waals surface area (Å²) >= 11 is 0. The molecular formula is C17H22N4O. The number of nitrogens with zero attached hydrogens (tertiary/aromatic N) is 3. The van der Waals surface area contributed by atoms with Crippen LogP contribution in [0.4, 0.5) is 0 Å². The molecule has 1 aliphatic heterocycles. The minimum absolute atomic E-state index is 0.0340. The summed E-state index contributed by atoms with van der Waals surface area (Å²) in [4.78, 5) is 18.9. The van der Waals surface area contributed by atoms with Gasteiger partial charge >= 0.3 is 0 Å². The van der Waals surface area contributed by atoms with Gasteiger partial charge < -0.3 is 10.6 Å². The van der Waals surface area contributed by atoms with E-state index in [1.807, 2.05) is 46.7 Å². The number of carbonyl (C=O) groups is 1. The fourth-order valence-electron chi connectivity index (χ4n) is 3.03. The molecule has 0 aliphatic carbocycles. The Morgan fingerprint density at radius 3 is 2.86 bits per heavy atom. The molecule has 0 bridgehead atoms. The Bertz CT molecular complexity index is 635. The Morgan fingerprint density at radius 1 is 1.36 bits per heavy atom. The highest BCUT2D eigenvalue weighted by molar-refractivity contribution is 5.93. The Hall–Kier alpha value is -2.14. The van der Waals surface area contributed by atoms with Gasteiger partial charge in [0.2, 0.25) is 0 Å². The molecule has 1 fully saturated rings. The molecule has 1 aliphatic rings. The highest BCUT2D eigenvalue weighted by atomic mass is 16.2. The molecule has 2 N–H and O–H groups in total. The van der Waals surface area contributed by atoms with Gasteiger partial charge in [0.1, 0.15) is 5.69 Å². The second kappa shape index (κ2) is 6.32. The van der Waals surface area contributed by atoms with Crippen molar-refractivity contribution in [3.8, 4) is 5.69 Å². The number of hydrogen-bond donors (Lipinski definition) is 1. The van der Waals surface area contributed by atoms with Crippen molar-refractivity contribution in [3.05, 3.63) is 48.5 Å². The Balaban J connectivity index is 1.83. The fraction of sp³-hybridized carbons (Fsp3) is 0.412. The van der Waals surface area contributed by atoms with Gasteiger partial charge in [-0.2, -0.15) is 0 Å². The first-order valence-electron chi connectivity index (χ1n) is 7.79. The predicted octanol–water partition coefficient (Wildman–Crippen LogP) is 2.07. The van der Waals surface area contributed by atoms with Crippen LogP contribution in [0, 0.1) is 5.92 Å². The minimum Gasteiger partial charge on any atom is -0.337 e. The van der Waals surface area contributed by atoms with Gasteiger partial charge in [0, 0.05) is 24.8 Å². The average molecular weight is 298 g/mol. The molecule has 0 spiro atoms. The zero-order valence-electron chi connectivity index (χ0n) is 12.9. The zero-order chi connectivity index (χ0) is 15.5. The van der Waals surface area contributed by atoms with Gasteiger partial charge in [-0.1, -0.05) is 18.2 Å². The van der Waals surface area contributed by atoms with Crippen LogP contribution in [0.3, 0.4) is 0 Å². The van der Waals surface area contributed by atoms with Gasteiger partial charge in [-0.05, 0) is 37.8 Å². The first kappa shape index (κ1) is 14.8. The zero-order valence-corrected chi connectivity index (χ0v) is 12.9. The molecule has 2 heterocycles. The highest BCUT2D eigenvalue weighted by Gasteiger charge is 2.28. The van der Waals surface area contributed by atoms with E-state index in [-0.39, 0.29) is 11.9 Å². The quantitative estimate of drug-likeness (QED) is 0.943. The Morgan fingerprint density at radius 2 is 2.14 bits per heavy atom. The van der Waals surface area contributed by atoms with Crippen molar-refractivity contribution in [2.24, 2.45) is 11.7 Å². The predicted molar refractivity (Wildman–Crippen MR) is 85.8 cm³/mol. The largest absolute Gasteiger partial charge is 0.337 e. The summed E-state index contributed by atoms with van der Waals surface area (Å²) in [5, 5.41) is 0. The van der Waals surface area contributed by atoms with Crippen LogP contribution in [0.1, 0.15) is 30.3 Å². The monoisotopic (exact) mass is 298 g/mol. The number of imidazole rings is 1. The maximum Gasteiger partial charge on any atom is 0.272 e. The lowest BCUT2D eigenvalue weighted by molar-refractivity contribution is 0.0653. The van der Waals surface area contributed by atoms with E-state index in [0.717, 1.165) is 31.6 Å².